The highest BCUT2D eigenvalue weighted by Crippen LogP contribution is 2.46. The van der Waals surface area contributed by atoms with Crippen LogP contribution in [-0.2, 0) is 26.1 Å². The Morgan fingerprint density at radius 1 is 1.14 bits per heavy atom. The number of ether oxygens (including phenoxy) is 2. The van der Waals surface area contributed by atoms with Crippen molar-refractivity contribution in [3.05, 3.63) is 29.6 Å². The molecule has 198 valence electrons. The number of Topliss-reactive ketones (excluding diaryl/α,β-unsaturated/α-hetero) is 1. The zero-order valence-electron chi connectivity index (χ0n) is 22.8. The third-order valence-electron chi connectivity index (χ3n) is 8.70. The number of aliphatic hydroxyl groups excluding tert-OH is 1. The average molecular weight is 499 g/mol. The fourth-order valence-corrected chi connectivity index (χ4v) is 5.76. The van der Waals surface area contributed by atoms with Gasteiger partial charge in [0, 0.05) is 31.2 Å². The molecule has 1 N–H and O–H groups in total. The van der Waals surface area contributed by atoms with Crippen LogP contribution in [0.4, 0.5) is 0 Å². The second kappa shape index (κ2) is 9.90. The molecule has 0 spiro atoms. The molecular weight excluding hydrogens is 456 g/mol. The van der Waals surface area contributed by atoms with E-state index in [1.165, 1.54) is 0 Å². The van der Waals surface area contributed by atoms with Gasteiger partial charge in [-0.15, -0.1) is 0 Å². The first-order valence-electron chi connectivity index (χ1n) is 13.3. The number of carbonyl (C=O) groups excluding carboxylic acids is 2. The van der Waals surface area contributed by atoms with E-state index in [4.69, 9.17) is 9.47 Å². The maximum atomic E-state index is 13.2. The van der Waals surface area contributed by atoms with Crippen molar-refractivity contribution in [1.29, 1.82) is 0 Å². The monoisotopic (exact) mass is 498 g/mol. The van der Waals surface area contributed by atoms with Gasteiger partial charge < -0.3 is 19.1 Å². The highest BCUT2D eigenvalue weighted by molar-refractivity contribution is 5.87. The van der Waals surface area contributed by atoms with Crippen molar-refractivity contribution < 1.29 is 24.2 Å². The Morgan fingerprint density at radius 2 is 1.86 bits per heavy atom. The Kier molecular flexibility index (Phi) is 7.37. The van der Waals surface area contributed by atoms with Gasteiger partial charge >= 0.3 is 5.97 Å². The second-order valence-electron chi connectivity index (χ2n) is 12.0. The number of imidazole rings is 1. The summed E-state index contributed by atoms with van der Waals surface area (Å²) in [7, 11) is 1.99. The first kappa shape index (κ1) is 26.8. The summed E-state index contributed by atoms with van der Waals surface area (Å²) in [5.74, 6) is 0.122. The van der Waals surface area contributed by atoms with Crippen molar-refractivity contribution in [3.8, 4) is 0 Å². The maximum absolute atomic E-state index is 13.2. The summed E-state index contributed by atoms with van der Waals surface area (Å²) in [5, 5.41) is 10.9. The van der Waals surface area contributed by atoms with Crippen LogP contribution in [0.15, 0.2) is 18.2 Å². The molecule has 2 aromatic rings. The quantitative estimate of drug-likeness (QED) is 0.429. The summed E-state index contributed by atoms with van der Waals surface area (Å²) >= 11 is 0. The van der Waals surface area contributed by atoms with Crippen LogP contribution in [0.1, 0.15) is 90.6 Å². The van der Waals surface area contributed by atoms with Gasteiger partial charge in [-0.2, -0.15) is 0 Å². The van der Waals surface area contributed by atoms with Gasteiger partial charge in [0.2, 0.25) is 0 Å². The molecule has 2 fully saturated rings. The zero-order chi connectivity index (χ0) is 26.4. The molecule has 4 rings (SSSR count). The lowest BCUT2D eigenvalue weighted by Gasteiger charge is -2.31. The van der Waals surface area contributed by atoms with Gasteiger partial charge in [0.25, 0.3) is 0 Å². The minimum Gasteiger partial charge on any atom is -0.457 e. The van der Waals surface area contributed by atoms with Crippen LogP contribution in [0, 0.1) is 24.2 Å². The predicted molar refractivity (Wildman–Crippen MR) is 138 cm³/mol. The second-order valence-corrected chi connectivity index (χ2v) is 12.0. The highest BCUT2D eigenvalue weighted by atomic mass is 16.6. The predicted octanol–water partition coefficient (Wildman–Crippen LogP) is 5.21. The number of carbonyl (C=O) groups is 2. The maximum Gasteiger partial charge on any atom is 0.306 e. The Morgan fingerprint density at radius 3 is 2.58 bits per heavy atom. The minimum absolute atomic E-state index is 0.00143. The number of nitrogens with zero attached hydrogens (tertiary/aromatic N) is 2. The molecule has 7 nitrogen and oxygen atoms in total. The normalized spacial score (nSPS) is 34.3. The van der Waals surface area contributed by atoms with Gasteiger partial charge in [-0.1, -0.05) is 40.2 Å². The Hall–Kier alpha value is -2.25. The van der Waals surface area contributed by atoms with Crippen LogP contribution in [-0.4, -0.2) is 44.2 Å². The smallest absolute Gasteiger partial charge is 0.306 e. The molecule has 2 aliphatic rings. The Labute approximate surface area is 214 Å². The zero-order valence-corrected chi connectivity index (χ0v) is 22.8. The molecule has 2 aliphatic heterocycles. The number of ketones is 1. The molecule has 36 heavy (non-hydrogen) atoms. The first-order valence-corrected chi connectivity index (χ1v) is 13.3. The van der Waals surface area contributed by atoms with E-state index >= 15 is 0 Å². The number of aliphatic hydroxyl groups is 1. The van der Waals surface area contributed by atoms with E-state index in [9.17, 15) is 14.7 Å². The van der Waals surface area contributed by atoms with Crippen LogP contribution in [0.25, 0.3) is 11.0 Å². The molecule has 0 amide bonds. The molecule has 1 unspecified atom stereocenters. The van der Waals surface area contributed by atoms with E-state index in [0.29, 0.717) is 12.8 Å². The number of aryl methyl sites for hydroxylation is 2. The molecule has 6 atom stereocenters. The highest BCUT2D eigenvalue weighted by Gasteiger charge is 2.52. The van der Waals surface area contributed by atoms with Crippen molar-refractivity contribution in [2.45, 2.75) is 104 Å². The molecule has 7 heteroatoms. The topological polar surface area (TPSA) is 94.0 Å². The number of fused-ring (bicyclic) bond motifs is 2. The van der Waals surface area contributed by atoms with Gasteiger partial charge in [0.15, 0.2) is 0 Å². The molecule has 3 heterocycles. The van der Waals surface area contributed by atoms with Crippen molar-refractivity contribution in [2.75, 3.05) is 0 Å². The third kappa shape index (κ3) is 5.37. The lowest BCUT2D eigenvalue weighted by atomic mass is 9.74. The van der Waals surface area contributed by atoms with Crippen LogP contribution in [0.5, 0.6) is 0 Å². The van der Waals surface area contributed by atoms with Gasteiger partial charge in [-0.3, -0.25) is 9.59 Å². The van der Waals surface area contributed by atoms with Crippen molar-refractivity contribution in [3.63, 3.8) is 0 Å². The lowest BCUT2D eigenvalue weighted by Crippen LogP contribution is -2.39. The molecule has 0 bridgehead atoms. The van der Waals surface area contributed by atoms with E-state index in [1.54, 1.807) is 6.92 Å². The van der Waals surface area contributed by atoms with E-state index in [-0.39, 0.29) is 35.8 Å². The summed E-state index contributed by atoms with van der Waals surface area (Å²) in [6, 6.07) is 6.05. The standard InChI is InChI=1S/C29H42N2O5/c1-17-9-8-13-29(6)24(36-29)16-23(20-10-11-22-21(15-20)30-19(3)31(22)7)35-25(32)12-14-28(4,5)27(34)18(2)26(17)33/h10-11,15,17-18,23-24,26,33H,8-9,12-14,16H2,1-7H3/t17-,18+,23-,24-,26?,29+/m0/s1. The molecular formula is C29H42N2O5. The number of aromatic nitrogens is 2. The molecule has 1 aromatic heterocycles. The SMILES string of the molecule is Cc1nc2cc([C@@H]3C[C@@H]4O[C@]4(C)CCC[C@H](C)C(O)[C@@H](C)C(=O)C(C)(C)CCC(=O)O3)ccc2n1C. The van der Waals surface area contributed by atoms with Gasteiger partial charge in [0.1, 0.15) is 17.7 Å². The molecule has 2 saturated heterocycles. The number of epoxide rings is 1. The van der Waals surface area contributed by atoms with Crippen LogP contribution < -0.4 is 0 Å². The Balaban J connectivity index is 1.60. The van der Waals surface area contributed by atoms with Crippen molar-refractivity contribution >= 4 is 22.8 Å². The fraction of sp³-hybridized carbons (Fsp3) is 0.690. The number of esters is 1. The van der Waals surface area contributed by atoms with Gasteiger partial charge in [0.05, 0.1) is 28.8 Å². The summed E-state index contributed by atoms with van der Waals surface area (Å²) < 4.78 is 14.2. The lowest BCUT2D eigenvalue weighted by molar-refractivity contribution is -0.151. The largest absolute Gasteiger partial charge is 0.457 e. The average Bonchev–Trinajstić information content (AvgIpc) is 3.38. The van der Waals surface area contributed by atoms with E-state index in [1.807, 2.05) is 57.5 Å². The van der Waals surface area contributed by atoms with E-state index in [2.05, 4.69) is 11.9 Å². The van der Waals surface area contributed by atoms with E-state index < -0.39 is 23.5 Å². The van der Waals surface area contributed by atoms with E-state index in [0.717, 1.165) is 41.7 Å². The number of benzene rings is 1. The van der Waals surface area contributed by atoms with Crippen LogP contribution in [0.3, 0.4) is 0 Å². The number of hydrogen-bond acceptors (Lipinski definition) is 6. The molecule has 0 aliphatic carbocycles. The first-order chi connectivity index (χ1) is 16.8. The van der Waals surface area contributed by atoms with Crippen molar-refractivity contribution in [1.82, 2.24) is 9.55 Å². The summed E-state index contributed by atoms with van der Waals surface area (Å²) in [4.78, 5) is 30.9. The van der Waals surface area contributed by atoms with Crippen LogP contribution in [0.2, 0.25) is 0 Å². The Bertz CT molecular complexity index is 1140. The summed E-state index contributed by atoms with van der Waals surface area (Å²) in [6.45, 7) is 11.6. The number of rotatable bonds is 1. The minimum atomic E-state index is -0.728. The third-order valence-corrected chi connectivity index (χ3v) is 8.70. The van der Waals surface area contributed by atoms with Gasteiger partial charge in [-0.05, 0) is 56.7 Å². The van der Waals surface area contributed by atoms with Crippen LogP contribution >= 0.6 is 0 Å². The van der Waals surface area contributed by atoms with Crippen molar-refractivity contribution in [2.24, 2.45) is 24.3 Å². The summed E-state index contributed by atoms with van der Waals surface area (Å²) in [6.07, 6.45) is 2.55. The number of cyclic esters (lactones) is 1. The molecule has 0 radical (unpaired) electrons. The van der Waals surface area contributed by atoms with Gasteiger partial charge in [-0.25, -0.2) is 4.98 Å². The summed E-state index contributed by atoms with van der Waals surface area (Å²) in [5.41, 5.74) is 1.83. The molecule has 1 aromatic carbocycles. The molecule has 0 saturated carbocycles. The number of hydrogen-bond donors (Lipinski definition) is 1. The fourth-order valence-electron chi connectivity index (χ4n) is 5.76.